The number of benzene rings is 1. The molecule has 0 radical (unpaired) electrons. The van der Waals surface area contributed by atoms with Gasteiger partial charge in [0.2, 0.25) is 5.88 Å². The number of ether oxygens (including phenoxy) is 1. The van der Waals surface area contributed by atoms with Crippen LogP contribution in [0.25, 0.3) is 10.8 Å². The van der Waals surface area contributed by atoms with Crippen molar-refractivity contribution >= 4 is 10.8 Å². The average molecular weight is 229 g/mol. The van der Waals surface area contributed by atoms with Gasteiger partial charge in [-0.1, -0.05) is 39.0 Å². The lowest BCUT2D eigenvalue weighted by Gasteiger charge is -2.22. The number of fused-ring (bicyclic) bond motifs is 1. The van der Waals surface area contributed by atoms with E-state index in [9.17, 15) is 0 Å². The van der Waals surface area contributed by atoms with Crippen molar-refractivity contribution in [3.05, 3.63) is 35.5 Å². The van der Waals surface area contributed by atoms with Gasteiger partial charge >= 0.3 is 0 Å². The summed E-state index contributed by atoms with van der Waals surface area (Å²) in [4.78, 5) is 4.43. The summed E-state index contributed by atoms with van der Waals surface area (Å²) in [7, 11) is 1.67. The molecule has 0 fully saturated rings. The van der Waals surface area contributed by atoms with E-state index in [2.05, 4.69) is 50.9 Å². The molecule has 1 heterocycles. The maximum Gasteiger partial charge on any atom is 0.221 e. The van der Waals surface area contributed by atoms with Gasteiger partial charge in [-0.15, -0.1) is 0 Å². The highest BCUT2D eigenvalue weighted by molar-refractivity contribution is 5.92. The number of pyridine rings is 1. The first kappa shape index (κ1) is 11.9. The molecule has 2 heteroatoms. The van der Waals surface area contributed by atoms with Crippen molar-refractivity contribution in [1.29, 1.82) is 0 Å². The lowest BCUT2D eigenvalue weighted by molar-refractivity contribution is 0.402. The number of methoxy groups -OCH3 is 1. The molecule has 90 valence electrons. The van der Waals surface area contributed by atoms with Crippen molar-refractivity contribution in [1.82, 2.24) is 4.98 Å². The number of hydrogen-bond donors (Lipinski definition) is 0. The van der Waals surface area contributed by atoms with Gasteiger partial charge < -0.3 is 4.74 Å². The van der Waals surface area contributed by atoms with E-state index in [1.54, 1.807) is 7.11 Å². The van der Waals surface area contributed by atoms with Gasteiger partial charge in [-0.3, -0.25) is 0 Å². The molecule has 0 saturated heterocycles. The largest absolute Gasteiger partial charge is 0.481 e. The van der Waals surface area contributed by atoms with Gasteiger partial charge in [-0.25, -0.2) is 4.98 Å². The Balaban J connectivity index is 2.88. The van der Waals surface area contributed by atoms with E-state index in [1.165, 1.54) is 16.5 Å². The van der Waals surface area contributed by atoms with Gasteiger partial charge in [0.25, 0.3) is 0 Å². The SMILES string of the molecule is COc1ncc(C(C)(C)C)c2cccc(C)c12. The molecule has 2 aromatic rings. The standard InChI is InChI=1S/C15H19NO/c1-10-7-6-8-11-12(15(2,3)4)9-16-14(17-5)13(10)11/h6-9H,1-5H3. The molecule has 1 aromatic carbocycles. The lowest BCUT2D eigenvalue weighted by Crippen LogP contribution is -2.12. The van der Waals surface area contributed by atoms with Crippen molar-refractivity contribution in [2.75, 3.05) is 7.11 Å². The van der Waals surface area contributed by atoms with E-state index in [4.69, 9.17) is 4.74 Å². The number of rotatable bonds is 1. The molecule has 2 rings (SSSR count). The Bertz CT molecular complexity index is 553. The molecule has 0 unspecified atom stereocenters. The first-order chi connectivity index (χ1) is 7.95. The lowest BCUT2D eigenvalue weighted by atomic mass is 9.84. The van der Waals surface area contributed by atoms with Crippen LogP contribution in [0.1, 0.15) is 31.9 Å². The number of hydrogen-bond acceptors (Lipinski definition) is 2. The van der Waals surface area contributed by atoms with Crippen LogP contribution in [0.5, 0.6) is 5.88 Å². The number of aryl methyl sites for hydroxylation is 1. The van der Waals surface area contributed by atoms with Crippen molar-refractivity contribution in [2.24, 2.45) is 0 Å². The second-order valence-corrected chi connectivity index (χ2v) is 5.43. The average Bonchev–Trinajstić information content (AvgIpc) is 2.26. The van der Waals surface area contributed by atoms with Gasteiger partial charge in [-0.2, -0.15) is 0 Å². The molecule has 2 nitrogen and oxygen atoms in total. The topological polar surface area (TPSA) is 22.1 Å². The maximum absolute atomic E-state index is 5.36. The van der Waals surface area contributed by atoms with E-state index < -0.39 is 0 Å². The Hall–Kier alpha value is -1.57. The van der Waals surface area contributed by atoms with Crippen LogP contribution >= 0.6 is 0 Å². The molecule has 0 bridgehead atoms. The van der Waals surface area contributed by atoms with Crippen LogP contribution in [-0.2, 0) is 5.41 Å². The van der Waals surface area contributed by atoms with Crippen LogP contribution in [0.3, 0.4) is 0 Å². The molecule has 17 heavy (non-hydrogen) atoms. The predicted molar refractivity (Wildman–Crippen MR) is 71.7 cm³/mol. The van der Waals surface area contributed by atoms with E-state index in [0.717, 1.165) is 5.39 Å². The van der Waals surface area contributed by atoms with Crippen LogP contribution in [-0.4, -0.2) is 12.1 Å². The Labute approximate surface area is 103 Å². The highest BCUT2D eigenvalue weighted by Gasteiger charge is 2.19. The number of nitrogens with zero attached hydrogens (tertiary/aromatic N) is 1. The van der Waals surface area contributed by atoms with Crippen molar-refractivity contribution < 1.29 is 4.74 Å². The zero-order valence-electron chi connectivity index (χ0n) is 11.2. The smallest absolute Gasteiger partial charge is 0.221 e. The molecule has 0 atom stereocenters. The van der Waals surface area contributed by atoms with Gasteiger partial charge in [0.15, 0.2) is 0 Å². The van der Waals surface area contributed by atoms with Crippen molar-refractivity contribution in [3.8, 4) is 5.88 Å². The van der Waals surface area contributed by atoms with E-state index in [1.807, 2.05) is 6.20 Å². The summed E-state index contributed by atoms with van der Waals surface area (Å²) in [6, 6.07) is 6.33. The van der Waals surface area contributed by atoms with E-state index in [-0.39, 0.29) is 5.41 Å². The highest BCUT2D eigenvalue weighted by Crippen LogP contribution is 2.34. The quantitative estimate of drug-likeness (QED) is 0.741. The summed E-state index contributed by atoms with van der Waals surface area (Å²) < 4.78 is 5.36. The van der Waals surface area contributed by atoms with Crippen LogP contribution in [0.4, 0.5) is 0 Å². The Morgan fingerprint density at radius 2 is 1.88 bits per heavy atom. The van der Waals surface area contributed by atoms with Crippen LogP contribution < -0.4 is 4.74 Å². The first-order valence-corrected chi connectivity index (χ1v) is 5.88. The molecule has 1 aromatic heterocycles. The Kier molecular flexibility index (Phi) is 2.82. The minimum absolute atomic E-state index is 0.0886. The summed E-state index contributed by atoms with van der Waals surface area (Å²) in [5, 5.41) is 2.37. The predicted octanol–water partition coefficient (Wildman–Crippen LogP) is 3.85. The van der Waals surface area contributed by atoms with Crippen molar-refractivity contribution in [2.45, 2.75) is 33.1 Å². The summed E-state index contributed by atoms with van der Waals surface area (Å²) in [5.74, 6) is 0.714. The van der Waals surface area contributed by atoms with Gasteiger partial charge in [-0.05, 0) is 28.9 Å². The van der Waals surface area contributed by atoms with Gasteiger partial charge in [0, 0.05) is 11.6 Å². The third-order valence-electron chi connectivity index (χ3n) is 3.09. The van der Waals surface area contributed by atoms with Crippen LogP contribution in [0, 0.1) is 6.92 Å². The second-order valence-electron chi connectivity index (χ2n) is 5.43. The molecule has 0 aliphatic rings. The maximum atomic E-state index is 5.36. The Morgan fingerprint density at radius 3 is 2.47 bits per heavy atom. The van der Waals surface area contributed by atoms with E-state index >= 15 is 0 Å². The molecule has 0 spiro atoms. The second kappa shape index (κ2) is 4.02. The third kappa shape index (κ3) is 1.99. The molecule has 0 N–H and O–H groups in total. The van der Waals surface area contributed by atoms with Crippen molar-refractivity contribution in [3.63, 3.8) is 0 Å². The highest BCUT2D eigenvalue weighted by atomic mass is 16.5. The van der Waals surface area contributed by atoms with Crippen LogP contribution in [0.15, 0.2) is 24.4 Å². The zero-order valence-corrected chi connectivity index (χ0v) is 11.2. The Morgan fingerprint density at radius 1 is 1.18 bits per heavy atom. The summed E-state index contributed by atoms with van der Waals surface area (Å²) in [6.07, 6.45) is 1.93. The van der Waals surface area contributed by atoms with Gasteiger partial charge in [0.05, 0.1) is 7.11 Å². The van der Waals surface area contributed by atoms with E-state index in [0.29, 0.717) is 5.88 Å². The normalized spacial score (nSPS) is 11.8. The van der Waals surface area contributed by atoms with Gasteiger partial charge in [0.1, 0.15) is 0 Å². The summed E-state index contributed by atoms with van der Waals surface area (Å²) in [5.41, 5.74) is 2.56. The fourth-order valence-corrected chi connectivity index (χ4v) is 2.19. The molecule has 0 amide bonds. The van der Waals surface area contributed by atoms with Crippen LogP contribution in [0.2, 0.25) is 0 Å². The monoisotopic (exact) mass is 229 g/mol. The molecule has 0 aliphatic carbocycles. The third-order valence-corrected chi connectivity index (χ3v) is 3.09. The summed E-state index contributed by atoms with van der Waals surface area (Å²) >= 11 is 0. The molecular weight excluding hydrogens is 210 g/mol. The fourth-order valence-electron chi connectivity index (χ4n) is 2.19. The molecule has 0 aliphatic heterocycles. The first-order valence-electron chi connectivity index (χ1n) is 5.88. The fraction of sp³-hybridized carbons (Fsp3) is 0.400. The molecular formula is C15H19NO. The number of aromatic nitrogens is 1. The summed E-state index contributed by atoms with van der Waals surface area (Å²) in [6.45, 7) is 8.72. The zero-order chi connectivity index (χ0) is 12.6. The minimum atomic E-state index is 0.0886. The minimum Gasteiger partial charge on any atom is -0.481 e. The molecule has 0 saturated carbocycles.